The molecule has 0 spiro atoms. The molecule has 1 aliphatic rings. The van der Waals surface area contributed by atoms with Crippen LogP contribution in [0.4, 0.5) is 5.69 Å². The highest BCUT2D eigenvalue weighted by molar-refractivity contribution is 7.09. The molecule has 1 aromatic carbocycles. The topological polar surface area (TPSA) is 19.4 Å². The number of hydrogen-bond donors (Lipinski definition) is 0. The van der Waals surface area contributed by atoms with Gasteiger partial charge >= 0.3 is 0 Å². The summed E-state index contributed by atoms with van der Waals surface area (Å²) in [5.41, 5.74) is 2.23. The van der Waals surface area contributed by atoms with Crippen LogP contribution in [0.5, 0.6) is 0 Å². The van der Waals surface area contributed by atoms with E-state index in [1.54, 1.807) is 11.3 Å². The monoisotopic (exact) mass is 341 g/mol. The van der Waals surface area contributed by atoms with Gasteiger partial charge in [-0.3, -0.25) is 4.90 Å². The number of benzene rings is 1. The third kappa shape index (κ3) is 3.89. The Bertz CT molecular complexity index is 577. The average molecular weight is 342 g/mol. The molecule has 0 aliphatic carbocycles. The maximum absolute atomic E-state index is 5.94. The summed E-state index contributed by atoms with van der Waals surface area (Å²) in [6, 6.07) is 8.08. The standard InChI is InChI=1S/C15H17Cl2N3S/c16-9-13-11-21-15(18-13)10-19-5-7-20(8-6-19)14-3-1-12(17)2-4-14/h1-4,11H,5-10H2. The van der Waals surface area contributed by atoms with Crippen LogP contribution in [0.2, 0.25) is 5.02 Å². The lowest BCUT2D eigenvalue weighted by atomic mass is 10.2. The number of halogens is 2. The molecule has 0 amide bonds. The molecule has 21 heavy (non-hydrogen) atoms. The van der Waals surface area contributed by atoms with Crippen molar-refractivity contribution in [3.63, 3.8) is 0 Å². The summed E-state index contributed by atoms with van der Waals surface area (Å²) in [5.74, 6) is 0.501. The smallest absolute Gasteiger partial charge is 0.107 e. The molecule has 1 aromatic heterocycles. The predicted molar refractivity (Wildman–Crippen MR) is 90.6 cm³/mol. The maximum Gasteiger partial charge on any atom is 0.107 e. The van der Waals surface area contributed by atoms with Crippen LogP contribution in [0.1, 0.15) is 10.7 Å². The molecular weight excluding hydrogens is 325 g/mol. The molecule has 0 bridgehead atoms. The van der Waals surface area contributed by atoms with Crippen LogP contribution in [0, 0.1) is 0 Å². The van der Waals surface area contributed by atoms with Crippen LogP contribution in [0.25, 0.3) is 0 Å². The Labute approximate surface area is 139 Å². The number of alkyl halides is 1. The Morgan fingerprint density at radius 1 is 1.10 bits per heavy atom. The summed E-state index contributed by atoms with van der Waals surface area (Å²) < 4.78 is 0. The zero-order valence-corrected chi connectivity index (χ0v) is 14.0. The first-order valence-electron chi connectivity index (χ1n) is 6.97. The van der Waals surface area contributed by atoms with Gasteiger partial charge in [0, 0.05) is 42.3 Å². The van der Waals surface area contributed by atoms with E-state index in [4.69, 9.17) is 23.2 Å². The van der Waals surface area contributed by atoms with Gasteiger partial charge in [0.15, 0.2) is 0 Å². The van der Waals surface area contributed by atoms with Crippen molar-refractivity contribution >= 4 is 40.2 Å². The lowest BCUT2D eigenvalue weighted by molar-refractivity contribution is 0.249. The van der Waals surface area contributed by atoms with Crippen LogP contribution >= 0.6 is 34.5 Å². The molecule has 3 rings (SSSR count). The maximum atomic E-state index is 5.94. The number of hydrogen-bond acceptors (Lipinski definition) is 4. The summed E-state index contributed by atoms with van der Waals surface area (Å²) in [7, 11) is 0. The van der Waals surface area contributed by atoms with Gasteiger partial charge in [0.25, 0.3) is 0 Å². The van der Waals surface area contributed by atoms with Gasteiger partial charge in [-0.25, -0.2) is 4.98 Å². The summed E-state index contributed by atoms with van der Waals surface area (Å²) in [6.45, 7) is 5.11. The minimum absolute atomic E-state index is 0.501. The molecular formula is C15H17Cl2N3S. The highest BCUT2D eigenvalue weighted by Gasteiger charge is 2.18. The van der Waals surface area contributed by atoms with Crippen LogP contribution in [0.15, 0.2) is 29.6 Å². The van der Waals surface area contributed by atoms with E-state index in [-0.39, 0.29) is 0 Å². The predicted octanol–water partition coefficient (Wildman–Crippen LogP) is 3.86. The fourth-order valence-electron chi connectivity index (χ4n) is 2.49. The van der Waals surface area contributed by atoms with Gasteiger partial charge in [-0.1, -0.05) is 11.6 Å². The lowest BCUT2D eigenvalue weighted by Gasteiger charge is -2.35. The molecule has 6 heteroatoms. The number of piperazine rings is 1. The van der Waals surface area contributed by atoms with Crippen LogP contribution < -0.4 is 4.90 Å². The summed E-state index contributed by atoms with van der Waals surface area (Å²) in [4.78, 5) is 9.38. The highest BCUT2D eigenvalue weighted by atomic mass is 35.5. The van der Waals surface area contributed by atoms with Crippen molar-refractivity contribution in [1.82, 2.24) is 9.88 Å². The number of rotatable bonds is 4. The van der Waals surface area contributed by atoms with Crippen molar-refractivity contribution in [2.75, 3.05) is 31.1 Å². The number of thiazole rings is 1. The molecule has 0 radical (unpaired) electrons. The van der Waals surface area contributed by atoms with Gasteiger partial charge in [-0.05, 0) is 24.3 Å². The van der Waals surface area contributed by atoms with E-state index in [1.807, 2.05) is 17.5 Å². The fraction of sp³-hybridized carbons (Fsp3) is 0.400. The van der Waals surface area contributed by atoms with Gasteiger partial charge < -0.3 is 4.90 Å². The molecule has 0 unspecified atom stereocenters. The molecule has 1 saturated heterocycles. The van der Waals surface area contributed by atoms with E-state index >= 15 is 0 Å². The first kappa shape index (κ1) is 15.1. The van der Waals surface area contributed by atoms with Gasteiger partial charge in [0.1, 0.15) is 5.01 Å². The SMILES string of the molecule is ClCc1csc(CN2CCN(c3ccc(Cl)cc3)CC2)n1. The molecule has 1 fully saturated rings. The van der Waals surface area contributed by atoms with Crippen molar-refractivity contribution in [2.24, 2.45) is 0 Å². The molecule has 112 valence electrons. The summed E-state index contributed by atoms with van der Waals surface area (Å²) in [5, 5.41) is 3.99. The Balaban J connectivity index is 1.54. The molecule has 2 heterocycles. The second kappa shape index (κ2) is 6.97. The third-order valence-electron chi connectivity index (χ3n) is 3.66. The van der Waals surface area contributed by atoms with Gasteiger partial charge in [0.05, 0.1) is 18.1 Å². The third-order valence-corrected chi connectivity index (χ3v) is 5.07. The second-order valence-corrected chi connectivity index (χ2v) is 6.75. The van der Waals surface area contributed by atoms with E-state index in [0.29, 0.717) is 5.88 Å². The number of anilines is 1. The number of nitrogens with zero attached hydrogens (tertiary/aromatic N) is 3. The van der Waals surface area contributed by atoms with Crippen LogP contribution in [-0.4, -0.2) is 36.1 Å². The minimum Gasteiger partial charge on any atom is -0.369 e. The molecule has 2 aromatic rings. The van der Waals surface area contributed by atoms with Crippen molar-refractivity contribution in [3.8, 4) is 0 Å². The minimum atomic E-state index is 0.501. The molecule has 0 atom stereocenters. The van der Waals surface area contributed by atoms with Crippen molar-refractivity contribution < 1.29 is 0 Å². The highest BCUT2D eigenvalue weighted by Crippen LogP contribution is 2.20. The van der Waals surface area contributed by atoms with E-state index in [0.717, 1.165) is 48.4 Å². The lowest BCUT2D eigenvalue weighted by Crippen LogP contribution is -2.45. The van der Waals surface area contributed by atoms with Crippen LogP contribution in [0.3, 0.4) is 0 Å². The van der Waals surface area contributed by atoms with E-state index in [2.05, 4.69) is 26.9 Å². The molecule has 3 nitrogen and oxygen atoms in total. The normalized spacial score (nSPS) is 16.4. The molecule has 0 saturated carbocycles. The Morgan fingerprint density at radius 2 is 1.81 bits per heavy atom. The first-order valence-corrected chi connectivity index (χ1v) is 8.76. The van der Waals surface area contributed by atoms with Crippen molar-refractivity contribution in [3.05, 3.63) is 45.4 Å². The van der Waals surface area contributed by atoms with E-state index < -0.39 is 0 Å². The van der Waals surface area contributed by atoms with E-state index in [1.165, 1.54) is 5.69 Å². The molecule has 1 aliphatic heterocycles. The van der Waals surface area contributed by atoms with Gasteiger partial charge in [-0.15, -0.1) is 22.9 Å². The van der Waals surface area contributed by atoms with Crippen molar-refractivity contribution in [1.29, 1.82) is 0 Å². The van der Waals surface area contributed by atoms with Gasteiger partial charge in [0.2, 0.25) is 0 Å². The Hall–Kier alpha value is -0.810. The average Bonchev–Trinajstić information content (AvgIpc) is 2.97. The quantitative estimate of drug-likeness (QED) is 0.787. The number of aromatic nitrogens is 1. The molecule has 0 N–H and O–H groups in total. The largest absolute Gasteiger partial charge is 0.369 e. The fourth-order valence-corrected chi connectivity index (χ4v) is 3.68. The zero-order valence-electron chi connectivity index (χ0n) is 11.6. The summed E-state index contributed by atoms with van der Waals surface area (Å²) >= 11 is 13.4. The summed E-state index contributed by atoms with van der Waals surface area (Å²) in [6.07, 6.45) is 0. The van der Waals surface area contributed by atoms with Crippen LogP contribution in [-0.2, 0) is 12.4 Å². The van der Waals surface area contributed by atoms with Gasteiger partial charge in [-0.2, -0.15) is 0 Å². The second-order valence-electron chi connectivity index (χ2n) is 5.11. The zero-order chi connectivity index (χ0) is 14.7. The first-order chi connectivity index (χ1) is 10.2. The Morgan fingerprint density at radius 3 is 2.43 bits per heavy atom. The Kier molecular flexibility index (Phi) is 5.01. The van der Waals surface area contributed by atoms with Crippen molar-refractivity contribution in [2.45, 2.75) is 12.4 Å². The van der Waals surface area contributed by atoms with E-state index in [9.17, 15) is 0 Å².